The van der Waals surface area contributed by atoms with Crippen LogP contribution in [0.15, 0.2) is 24.3 Å². The van der Waals surface area contributed by atoms with Crippen LogP contribution in [-0.4, -0.2) is 42.9 Å². The number of aryl methyl sites for hydroxylation is 1. The number of rotatable bonds is 5. The van der Waals surface area contributed by atoms with E-state index in [0.29, 0.717) is 6.10 Å². The summed E-state index contributed by atoms with van der Waals surface area (Å²) in [6, 6.07) is 8.12. The quantitative estimate of drug-likeness (QED) is 0.868. The lowest BCUT2D eigenvalue weighted by molar-refractivity contribution is 0.102. The molecule has 18 heavy (non-hydrogen) atoms. The van der Waals surface area contributed by atoms with Crippen LogP contribution in [0.3, 0.4) is 0 Å². The molecule has 0 bridgehead atoms. The summed E-state index contributed by atoms with van der Waals surface area (Å²) < 4.78 is 5.34. The van der Waals surface area contributed by atoms with Crippen molar-refractivity contribution in [1.82, 2.24) is 4.90 Å². The predicted molar refractivity (Wildman–Crippen MR) is 72.6 cm³/mol. The first-order valence-corrected chi connectivity index (χ1v) is 6.69. The van der Waals surface area contributed by atoms with E-state index >= 15 is 0 Å². The summed E-state index contributed by atoms with van der Waals surface area (Å²) in [6.45, 7) is 5.07. The van der Waals surface area contributed by atoms with Gasteiger partial charge >= 0.3 is 0 Å². The highest BCUT2D eigenvalue weighted by molar-refractivity contribution is 5.23. The third-order valence-corrected chi connectivity index (χ3v) is 3.71. The number of aliphatic hydroxyl groups excluding tert-OH is 1. The number of aliphatic hydroxyl groups is 1. The first kappa shape index (κ1) is 13.5. The Morgan fingerprint density at radius 1 is 1.50 bits per heavy atom. The molecule has 0 radical (unpaired) electrons. The van der Waals surface area contributed by atoms with Gasteiger partial charge in [0, 0.05) is 26.7 Å². The van der Waals surface area contributed by atoms with Gasteiger partial charge in [-0.3, -0.25) is 0 Å². The maximum atomic E-state index is 10.2. The van der Waals surface area contributed by atoms with Gasteiger partial charge in [-0.05, 0) is 25.3 Å². The Morgan fingerprint density at radius 2 is 2.33 bits per heavy atom. The van der Waals surface area contributed by atoms with E-state index in [1.165, 1.54) is 5.56 Å². The Kier molecular flexibility index (Phi) is 4.75. The van der Waals surface area contributed by atoms with Gasteiger partial charge in [-0.2, -0.15) is 0 Å². The first-order valence-electron chi connectivity index (χ1n) is 6.69. The molecule has 2 unspecified atom stereocenters. The smallest absolute Gasteiger partial charge is 0.0802 e. The normalized spacial score (nSPS) is 22.3. The van der Waals surface area contributed by atoms with E-state index in [2.05, 4.69) is 24.0 Å². The van der Waals surface area contributed by atoms with Gasteiger partial charge in [-0.25, -0.2) is 0 Å². The molecule has 0 saturated carbocycles. The molecule has 1 heterocycles. The average Bonchev–Trinajstić information content (AvgIpc) is 2.84. The zero-order valence-corrected chi connectivity index (χ0v) is 11.3. The molecular formula is C15H23NO2. The third kappa shape index (κ3) is 3.55. The van der Waals surface area contributed by atoms with Crippen LogP contribution in [0, 0.1) is 6.92 Å². The van der Waals surface area contributed by atoms with Crippen LogP contribution < -0.4 is 0 Å². The Balaban J connectivity index is 1.80. The average molecular weight is 249 g/mol. The summed E-state index contributed by atoms with van der Waals surface area (Å²) in [5, 5.41) is 10.2. The van der Waals surface area contributed by atoms with Crippen molar-refractivity contribution in [2.45, 2.75) is 32.0 Å². The second-order valence-electron chi connectivity index (χ2n) is 5.17. The molecule has 1 aliphatic heterocycles. The molecule has 3 nitrogen and oxygen atoms in total. The molecule has 100 valence electrons. The summed E-state index contributed by atoms with van der Waals surface area (Å²) >= 11 is 0. The largest absolute Gasteiger partial charge is 0.388 e. The number of hydrogen-bond acceptors (Lipinski definition) is 3. The van der Waals surface area contributed by atoms with Gasteiger partial charge in [0.05, 0.1) is 12.2 Å². The van der Waals surface area contributed by atoms with E-state index < -0.39 is 0 Å². The second kappa shape index (κ2) is 6.32. The second-order valence-corrected chi connectivity index (χ2v) is 5.17. The van der Waals surface area contributed by atoms with Crippen LogP contribution in [-0.2, 0) is 4.74 Å². The number of methoxy groups -OCH3 is 1. The molecule has 0 aromatic heterocycles. The molecule has 1 N–H and O–H groups in total. The lowest BCUT2D eigenvalue weighted by Crippen LogP contribution is -2.25. The van der Waals surface area contributed by atoms with Crippen molar-refractivity contribution in [2.75, 3.05) is 26.7 Å². The fraction of sp³-hybridized carbons (Fsp3) is 0.600. The molecule has 1 saturated heterocycles. The number of hydrogen-bond donors (Lipinski definition) is 1. The molecule has 1 aromatic rings. The SMILES string of the molecule is COC1CCN(CCC(O)c2cccc(C)c2)C1. The van der Waals surface area contributed by atoms with Crippen molar-refractivity contribution in [2.24, 2.45) is 0 Å². The minimum absolute atomic E-state index is 0.355. The number of likely N-dealkylation sites (tertiary alicyclic amines) is 1. The molecular weight excluding hydrogens is 226 g/mol. The van der Waals surface area contributed by atoms with Gasteiger partial charge in [-0.15, -0.1) is 0 Å². The summed E-state index contributed by atoms with van der Waals surface area (Å²) in [5.74, 6) is 0. The Labute approximate surface area is 109 Å². The first-order chi connectivity index (χ1) is 8.69. The maximum Gasteiger partial charge on any atom is 0.0802 e. The van der Waals surface area contributed by atoms with E-state index in [1.54, 1.807) is 7.11 Å². The lowest BCUT2D eigenvalue weighted by atomic mass is 10.0. The summed E-state index contributed by atoms with van der Waals surface area (Å²) in [6.07, 6.45) is 1.92. The van der Waals surface area contributed by atoms with Gasteiger partial charge in [0.2, 0.25) is 0 Å². The van der Waals surface area contributed by atoms with Crippen LogP contribution in [0.1, 0.15) is 30.1 Å². The topological polar surface area (TPSA) is 32.7 Å². The highest BCUT2D eigenvalue weighted by atomic mass is 16.5. The molecule has 3 heteroatoms. The number of ether oxygens (including phenoxy) is 1. The molecule has 0 aliphatic carbocycles. The maximum absolute atomic E-state index is 10.2. The Morgan fingerprint density at radius 3 is 3.00 bits per heavy atom. The minimum Gasteiger partial charge on any atom is -0.388 e. The van der Waals surface area contributed by atoms with Crippen molar-refractivity contribution in [3.8, 4) is 0 Å². The van der Waals surface area contributed by atoms with Crippen molar-refractivity contribution < 1.29 is 9.84 Å². The molecule has 1 aliphatic rings. The number of nitrogens with zero attached hydrogens (tertiary/aromatic N) is 1. The number of benzene rings is 1. The van der Waals surface area contributed by atoms with Gasteiger partial charge in [0.15, 0.2) is 0 Å². The summed E-state index contributed by atoms with van der Waals surface area (Å²) in [5.41, 5.74) is 2.23. The van der Waals surface area contributed by atoms with Crippen LogP contribution in [0.25, 0.3) is 0 Å². The van der Waals surface area contributed by atoms with E-state index in [0.717, 1.165) is 38.0 Å². The summed E-state index contributed by atoms with van der Waals surface area (Å²) in [7, 11) is 1.77. The predicted octanol–water partition coefficient (Wildman–Crippen LogP) is 2.14. The summed E-state index contributed by atoms with van der Waals surface area (Å²) in [4.78, 5) is 2.37. The van der Waals surface area contributed by atoms with Gasteiger partial charge in [0.25, 0.3) is 0 Å². The highest BCUT2D eigenvalue weighted by Gasteiger charge is 2.22. The van der Waals surface area contributed by atoms with E-state index in [4.69, 9.17) is 4.74 Å². The molecule has 2 rings (SSSR count). The van der Waals surface area contributed by atoms with Crippen molar-refractivity contribution >= 4 is 0 Å². The molecule has 1 aromatic carbocycles. The van der Waals surface area contributed by atoms with Crippen molar-refractivity contribution in [3.63, 3.8) is 0 Å². The van der Waals surface area contributed by atoms with Crippen LogP contribution >= 0.6 is 0 Å². The minimum atomic E-state index is -0.355. The molecule has 0 spiro atoms. The van der Waals surface area contributed by atoms with Crippen LogP contribution in [0.4, 0.5) is 0 Å². The molecule has 2 atom stereocenters. The van der Waals surface area contributed by atoms with Gasteiger partial charge in [0.1, 0.15) is 0 Å². The zero-order chi connectivity index (χ0) is 13.0. The van der Waals surface area contributed by atoms with Gasteiger partial charge < -0.3 is 14.7 Å². The third-order valence-electron chi connectivity index (χ3n) is 3.71. The van der Waals surface area contributed by atoms with E-state index in [-0.39, 0.29) is 6.10 Å². The lowest BCUT2D eigenvalue weighted by Gasteiger charge is -2.18. The molecule has 1 fully saturated rings. The van der Waals surface area contributed by atoms with Crippen LogP contribution in [0.5, 0.6) is 0 Å². The molecule has 0 amide bonds. The van der Waals surface area contributed by atoms with E-state index in [1.807, 2.05) is 12.1 Å². The Bertz CT molecular complexity index is 381. The Hall–Kier alpha value is -0.900. The van der Waals surface area contributed by atoms with Crippen LogP contribution in [0.2, 0.25) is 0 Å². The van der Waals surface area contributed by atoms with Crippen molar-refractivity contribution in [1.29, 1.82) is 0 Å². The fourth-order valence-electron chi connectivity index (χ4n) is 2.54. The zero-order valence-electron chi connectivity index (χ0n) is 11.3. The fourth-order valence-corrected chi connectivity index (χ4v) is 2.54. The van der Waals surface area contributed by atoms with Crippen molar-refractivity contribution in [3.05, 3.63) is 35.4 Å². The standard InChI is InChI=1S/C15H23NO2/c1-12-4-3-5-13(10-12)15(17)7-9-16-8-6-14(11-16)18-2/h3-5,10,14-15,17H,6-9,11H2,1-2H3. The monoisotopic (exact) mass is 249 g/mol. The van der Waals surface area contributed by atoms with E-state index in [9.17, 15) is 5.11 Å². The van der Waals surface area contributed by atoms with Gasteiger partial charge in [-0.1, -0.05) is 29.8 Å². The highest BCUT2D eigenvalue weighted by Crippen LogP contribution is 2.20.